The zero-order valence-corrected chi connectivity index (χ0v) is 19.8. The number of nitrogens with zero attached hydrogens (tertiary/aromatic N) is 7. The van der Waals surface area contributed by atoms with E-state index in [1.54, 1.807) is 48.6 Å². The van der Waals surface area contributed by atoms with Gasteiger partial charge in [-0.1, -0.05) is 5.16 Å². The molecule has 5 rings (SSSR count). The largest absolute Gasteiger partial charge is 0.610 e. The Morgan fingerprint density at radius 3 is 2.69 bits per heavy atom. The van der Waals surface area contributed by atoms with Crippen molar-refractivity contribution in [2.24, 2.45) is 19.3 Å². The van der Waals surface area contributed by atoms with Gasteiger partial charge in [0.05, 0.1) is 11.3 Å². The molecular formula is C22H20F3N7O2S. The van der Waals surface area contributed by atoms with Gasteiger partial charge in [-0.25, -0.2) is 15.0 Å². The molecule has 4 aromatic rings. The molecule has 1 aliphatic heterocycles. The maximum Gasteiger partial charge on any atom is 0.417 e. The number of aromatic nitrogens is 6. The molecule has 13 heteroatoms. The summed E-state index contributed by atoms with van der Waals surface area (Å²) >= 11 is -1.44. The molecular weight excluding hydrogens is 483 g/mol. The normalized spacial score (nSPS) is 17.0. The Labute approximate surface area is 200 Å². The number of pyridine rings is 2. The van der Waals surface area contributed by atoms with Gasteiger partial charge in [-0.2, -0.15) is 13.2 Å². The second kappa shape index (κ2) is 8.64. The van der Waals surface area contributed by atoms with Crippen molar-refractivity contribution >= 4 is 28.1 Å². The van der Waals surface area contributed by atoms with Crippen molar-refractivity contribution in [1.29, 1.82) is 0 Å². The molecule has 0 saturated heterocycles. The molecule has 0 bridgehead atoms. The third kappa shape index (κ3) is 4.04. The predicted octanol–water partition coefficient (Wildman–Crippen LogP) is 3.78. The van der Waals surface area contributed by atoms with Crippen LogP contribution in [-0.2, 0) is 36.3 Å². The number of aryl methyl sites for hydroxylation is 1. The molecule has 0 aliphatic carbocycles. The van der Waals surface area contributed by atoms with E-state index in [0.29, 0.717) is 34.4 Å². The van der Waals surface area contributed by atoms with Crippen LogP contribution in [0.1, 0.15) is 36.4 Å². The van der Waals surface area contributed by atoms with Crippen LogP contribution in [0.4, 0.5) is 13.2 Å². The van der Waals surface area contributed by atoms with Crippen molar-refractivity contribution in [1.82, 2.24) is 29.1 Å². The lowest BCUT2D eigenvalue weighted by molar-refractivity contribution is -0.137. The summed E-state index contributed by atoms with van der Waals surface area (Å²) < 4.78 is 55.8. The minimum Gasteiger partial charge on any atom is -0.610 e. The first kappa shape index (κ1) is 23.3. The van der Waals surface area contributed by atoms with Crippen molar-refractivity contribution in [3.05, 3.63) is 53.7 Å². The Bertz CT molecular complexity index is 1430. The lowest BCUT2D eigenvalue weighted by Crippen LogP contribution is -2.14. The zero-order valence-electron chi connectivity index (χ0n) is 18.9. The second-order valence-corrected chi connectivity index (χ2v) is 9.61. The number of imidazole rings is 2. The van der Waals surface area contributed by atoms with E-state index >= 15 is 0 Å². The van der Waals surface area contributed by atoms with Crippen LogP contribution in [0.3, 0.4) is 0 Å². The first-order valence-electron chi connectivity index (χ1n) is 10.7. The maximum absolute atomic E-state index is 13.2. The number of hydrogen-bond acceptors (Lipinski definition) is 7. The fourth-order valence-corrected chi connectivity index (χ4v) is 5.02. The number of halogens is 3. The highest BCUT2D eigenvalue weighted by molar-refractivity contribution is 7.91. The Morgan fingerprint density at radius 2 is 2.00 bits per heavy atom. The van der Waals surface area contributed by atoms with E-state index in [4.69, 9.17) is 9.82 Å². The molecule has 0 N–H and O–H groups in total. The van der Waals surface area contributed by atoms with Crippen LogP contribution in [-0.4, -0.2) is 45.1 Å². The summed E-state index contributed by atoms with van der Waals surface area (Å²) in [5.41, 5.74) is 1.26. The van der Waals surface area contributed by atoms with Gasteiger partial charge in [-0.3, -0.25) is 9.55 Å². The third-order valence-corrected chi connectivity index (χ3v) is 7.18. The minimum atomic E-state index is -4.54. The van der Waals surface area contributed by atoms with Crippen molar-refractivity contribution in [2.45, 2.75) is 30.7 Å². The Balaban J connectivity index is 1.58. The van der Waals surface area contributed by atoms with Gasteiger partial charge in [0.25, 0.3) is 5.03 Å². The molecule has 9 nitrogen and oxygen atoms in total. The highest BCUT2D eigenvalue weighted by atomic mass is 32.2. The summed E-state index contributed by atoms with van der Waals surface area (Å²) in [4.78, 5) is 22.8. The molecule has 5 heterocycles. The summed E-state index contributed by atoms with van der Waals surface area (Å²) in [5.74, 6) is 1.06. The number of hydrogen-bond donors (Lipinski definition) is 0. The van der Waals surface area contributed by atoms with Crippen LogP contribution in [0.2, 0.25) is 0 Å². The van der Waals surface area contributed by atoms with Crippen LogP contribution >= 0.6 is 0 Å². The fourth-order valence-electron chi connectivity index (χ4n) is 3.99. The molecule has 1 aliphatic rings. The number of alkyl halides is 3. The first-order valence-corrected chi connectivity index (χ1v) is 12.0. The summed E-state index contributed by atoms with van der Waals surface area (Å²) in [6.45, 7) is 1.77. The zero-order chi connectivity index (χ0) is 24.9. The van der Waals surface area contributed by atoms with Crippen molar-refractivity contribution < 1.29 is 22.6 Å². The highest BCUT2D eigenvalue weighted by Gasteiger charge is 2.36. The van der Waals surface area contributed by atoms with Crippen molar-refractivity contribution in [3.63, 3.8) is 0 Å². The number of rotatable bonds is 5. The quantitative estimate of drug-likeness (QED) is 0.384. The molecule has 0 fully saturated rings. The van der Waals surface area contributed by atoms with Gasteiger partial charge < -0.3 is 14.0 Å². The third-order valence-electron chi connectivity index (χ3n) is 5.75. The fraction of sp³-hybridized carbons (Fsp3) is 0.318. The van der Waals surface area contributed by atoms with E-state index < -0.39 is 29.0 Å². The van der Waals surface area contributed by atoms with Gasteiger partial charge in [0.15, 0.2) is 29.1 Å². The Kier molecular flexibility index (Phi) is 5.75. The summed E-state index contributed by atoms with van der Waals surface area (Å²) in [6.07, 6.45) is -0.538. The van der Waals surface area contributed by atoms with Crippen molar-refractivity contribution in [3.8, 4) is 11.5 Å². The van der Waals surface area contributed by atoms with E-state index in [-0.39, 0.29) is 17.0 Å². The van der Waals surface area contributed by atoms with Gasteiger partial charge in [0.2, 0.25) is 0 Å². The number of oxime groups is 1. The summed E-state index contributed by atoms with van der Waals surface area (Å²) in [7, 11) is 3.36. The predicted molar refractivity (Wildman–Crippen MR) is 122 cm³/mol. The SMILES string of the molecule is CC[S+]([O-])c1c(-c2nc3cc(C(F)(F)F)cnc3n2C)nc(C2CC(c3cccnc3)=NO2)n1C. The maximum atomic E-state index is 13.2. The number of fused-ring (bicyclic) bond motifs is 1. The molecule has 0 saturated carbocycles. The average Bonchev–Trinajstić information content (AvgIpc) is 3.54. The molecule has 2 unspecified atom stereocenters. The monoisotopic (exact) mass is 503 g/mol. The lowest BCUT2D eigenvalue weighted by atomic mass is 10.1. The Morgan fingerprint density at radius 1 is 1.20 bits per heavy atom. The molecule has 2 atom stereocenters. The van der Waals surface area contributed by atoms with Crippen LogP contribution in [0, 0.1) is 0 Å². The minimum absolute atomic E-state index is 0.0667. The van der Waals surface area contributed by atoms with Crippen molar-refractivity contribution in [2.75, 3.05) is 5.75 Å². The Hall–Kier alpha value is -3.45. The smallest absolute Gasteiger partial charge is 0.417 e. The highest BCUT2D eigenvalue weighted by Crippen LogP contribution is 2.36. The van der Waals surface area contributed by atoms with Crippen LogP contribution in [0.15, 0.2) is 47.0 Å². The van der Waals surface area contributed by atoms with Crippen LogP contribution in [0.5, 0.6) is 0 Å². The molecule has 0 spiro atoms. The van der Waals surface area contributed by atoms with Gasteiger partial charge >= 0.3 is 6.18 Å². The van der Waals surface area contributed by atoms with Gasteiger partial charge in [0, 0.05) is 55.8 Å². The molecule has 0 radical (unpaired) electrons. The lowest BCUT2D eigenvalue weighted by Gasteiger charge is -2.12. The standard InChI is InChI=1S/C22H20F3N7O2S/c1-4-35(33)21-17(20-28-15-8-13(22(23,24)25)11-27-18(15)31(20)2)29-19(32(21)3)16-9-14(30-34-16)12-6-5-7-26-10-12/h5-8,10-11,16H,4,9H2,1-3H3. The topological polar surface area (TPSA) is 106 Å². The molecule has 0 aromatic carbocycles. The molecule has 4 aromatic heterocycles. The van der Waals surface area contributed by atoms with Crippen LogP contribution in [0.25, 0.3) is 22.7 Å². The first-order chi connectivity index (χ1) is 16.7. The second-order valence-electron chi connectivity index (χ2n) is 7.95. The summed E-state index contributed by atoms with van der Waals surface area (Å²) in [5, 5.41) is 4.58. The molecule has 35 heavy (non-hydrogen) atoms. The average molecular weight is 504 g/mol. The van der Waals surface area contributed by atoms with E-state index in [9.17, 15) is 17.7 Å². The van der Waals surface area contributed by atoms with E-state index in [0.717, 1.165) is 17.8 Å². The van der Waals surface area contributed by atoms with E-state index in [1.807, 2.05) is 6.07 Å². The van der Waals surface area contributed by atoms with Crippen LogP contribution < -0.4 is 0 Å². The molecule has 182 valence electrons. The van der Waals surface area contributed by atoms with Gasteiger partial charge in [-0.05, 0) is 25.1 Å². The summed E-state index contributed by atoms with van der Waals surface area (Å²) in [6, 6.07) is 4.62. The van der Waals surface area contributed by atoms with E-state index in [2.05, 4.69) is 20.1 Å². The van der Waals surface area contributed by atoms with Gasteiger partial charge in [-0.15, -0.1) is 0 Å². The molecule has 0 amide bonds. The van der Waals surface area contributed by atoms with E-state index in [1.165, 1.54) is 0 Å². The van der Waals surface area contributed by atoms with Gasteiger partial charge in [0.1, 0.15) is 11.3 Å².